The molecule has 1 atom stereocenters. The fourth-order valence-corrected chi connectivity index (χ4v) is 1.57. The first kappa shape index (κ1) is 12.7. The fraction of sp³-hybridized carbons (Fsp3) is 0.200. The highest BCUT2D eigenvalue weighted by Gasteiger charge is 2.56. The second kappa shape index (κ2) is 4.16. The summed E-state index contributed by atoms with van der Waals surface area (Å²) in [6, 6.07) is 5.19. The maximum atomic E-state index is 12.4. The molecule has 1 aromatic rings. The third-order valence-corrected chi connectivity index (χ3v) is 2.48. The molecule has 0 unspecified atom stereocenters. The molecule has 1 aromatic carbocycles. The molecule has 96 valence electrons. The minimum absolute atomic E-state index is 0.0267. The van der Waals surface area contributed by atoms with Gasteiger partial charge in [0, 0.05) is 5.02 Å². The summed E-state index contributed by atoms with van der Waals surface area (Å²) >= 11 is 5.59. The Morgan fingerprint density at radius 1 is 1.17 bits per heavy atom. The summed E-state index contributed by atoms with van der Waals surface area (Å²) in [7, 11) is 0. The van der Waals surface area contributed by atoms with Gasteiger partial charge in [0.05, 0.1) is 5.69 Å². The molecule has 1 fully saturated rings. The van der Waals surface area contributed by atoms with Gasteiger partial charge in [0.25, 0.3) is 12.0 Å². The monoisotopic (exact) mass is 279 g/mol. The number of hydrogen-bond donors (Lipinski definition) is 0. The maximum Gasteiger partial charge on any atom is 0.434 e. The van der Waals surface area contributed by atoms with Gasteiger partial charge in [-0.15, -0.1) is 0 Å². The van der Waals surface area contributed by atoms with E-state index < -0.39 is 24.3 Å². The number of ether oxygens (including phenoxy) is 1. The molecular weight excluding hydrogens is 275 g/mol. The summed E-state index contributed by atoms with van der Waals surface area (Å²) in [5, 5.41) is 0.325. The van der Waals surface area contributed by atoms with Crippen LogP contribution in [0.1, 0.15) is 0 Å². The molecule has 4 nitrogen and oxygen atoms in total. The van der Waals surface area contributed by atoms with E-state index in [4.69, 9.17) is 11.6 Å². The predicted octanol–water partition coefficient (Wildman–Crippen LogP) is 2.75. The lowest BCUT2D eigenvalue weighted by molar-refractivity contribution is -0.195. The fourth-order valence-electron chi connectivity index (χ4n) is 1.44. The SMILES string of the molecule is O=C1O[C@H](C(F)(F)F)C(=O)N1c1ccc(Cl)cc1. The Morgan fingerprint density at radius 3 is 2.17 bits per heavy atom. The van der Waals surface area contributed by atoms with Crippen LogP contribution in [-0.2, 0) is 9.53 Å². The number of alkyl halides is 3. The molecule has 2 amide bonds. The van der Waals surface area contributed by atoms with Crippen molar-refractivity contribution >= 4 is 29.3 Å². The molecule has 0 spiro atoms. The van der Waals surface area contributed by atoms with Crippen LogP contribution in [0.15, 0.2) is 24.3 Å². The average molecular weight is 280 g/mol. The Balaban J connectivity index is 2.33. The van der Waals surface area contributed by atoms with E-state index in [2.05, 4.69) is 4.74 Å². The number of cyclic esters (lactones) is 1. The predicted molar refractivity (Wildman–Crippen MR) is 55.3 cm³/mol. The van der Waals surface area contributed by atoms with Crippen LogP contribution in [0.5, 0.6) is 0 Å². The topological polar surface area (TPSA) is 46.6 Å². The van der Waals surface area contributed by atoms with Crippen molar-refractivity contribution in [2.45, 2.75) is 12.3 Å². The van der Waals surface area contributed by atoms with Crippen molar-refractivity contribution in [3.63, 3.8) is 0 Å². The quantitative estimate of drug-likeness (QED) is 0.794. The zero-order chi connectivity index (χ0) is 13.5. The number of anilines is 1. The standard InChI is InChI=1S/C10H5ClF3NO3/c11-5-1-3-6(4-2-5)15-8(16)7(10(12,13)14)18-9(15)17/h1-4,7H/t7-/m0/s1. The molecule has 2 rings (SSSR count). The molecule has 0 aliphatic carbocycles. The second-order valence-electron chi connectivity index (χ2n) is 3.46. The zero-order valence-corrected chi connectivity index (χ0v) is 9.33. The maximum absolute atomic E-state index is 12.4. The molecule has 1 aliphatic heterocycles. The molecule has 0 aromatic heterocycles. The van der Waals surface area contributed by atoms with Gasteiger partial charge in [0.15, 0.2) is 0 Å². The lowest BCUT2D eigenvalue weighted by Gasteiger charge is -2.12. The van der Waals surface area contributed by atoms with Crippen LogP contribution in [0.25, 0.3) is 0 Å². The van der Waals surface area contributed by atoms with Crippen LogP contribution in [-0.4, -0.2) is 24.3 Å². The zero-order valence-electron chi connectivity index (χ0n) is 8.57. The van der Waals surface area contributed by atoms with Gasteiger partial charge in [0.1, 0.15) is 0 Å². The molecule has 0 N–H and O–H groups in total. The average Bonchev–Trinajstić information content (AvgIpc) is 2.56. The van der Waals surface area contributed by atoms with Crippen molar-refractivity contribution in [1.82, 2.24) is 0 Å². The Kier molecular flexibility index (Phi) is 2.94. The molecule has 1 aliphatic rings. The molecular formula is C10H5ClF3NO3. The van der Waals surface area contributed by atoms with Gasteiger partial charge in [-0.1, -0.05) is 11.6 Å². The number of imide groups is 1. The van der Waals surface area contributed by atoms with E-state index in [-0.39, 0.29) is 5.69 Å². The summed E-state index contributed by atoms with van der Waals surface area (Å²) in [5.41, 5.74) is -0.0267. The Hall–Kier alpha value is -1.76. The number of carbonyl (C=O) groups is 2. The van der Waals surface area contributed by atoms with Crippen LogP contribution in [0.2, 0.25) is 5.02 Å². The minimum atomic E-state index is -4.92. The van der Waals surface area contributed by atoms with Gasteiger partial charge in [-0.2, -0.15) is 13.2 Å². The first-order valence-corrected chi connectivity index (χ1v) is 5.05. The number of amides is 2. The van der Waals surface area contributed by atoms with Crippen molar-refractivity contribution in [3.8, 4) is 0 Å². The molecule has 18 heavy (non-hydrogen) atoms. The lowest BCUT2D eigenvalue weighted by atomic mass is 10.2. The molecule has 0 bridgehead atoms. The smallest absolute Gasteiger partial charge is 0.425 e. The Labute approximate surface area is 104 Å². The van der Waals surface area contributed by atoms with E-state index in [9.17, 15) is 22.8 Å². The number of hydrogen-bond acceptors (Lipinski definition) is 3. The van der Waals surface area contributed by atoms with E-state index in [1.54, 1.807) is 0 Å². The largest absolute Gasteiger partial charge is 0.434 e. The Bertz CT molecular complexity index is 500. The van der Waals surface area contributed by atoms with Crippen molar-refractivity contribution in [1.29, 1.82) is 0 Å². The number of halogens is 4. The van der Waals surface area contributed by atoms with Gasteiger partial charge in [-0.25, -0.2) is 9.69 Å². The summed E-state index contributed by atoms with van der Waals surface area (Å²) in [4.78, 5) is 23.1. The van der Waals surface area contributed by atoms with Crippen molar-refractivity contribution in [2.75, 3.05) is 4.90 Å². The van der Waals surface area contributed by atoms with Gasteiger partial charge in [-0.3, -0.25) is 4.79 Å². The third kappa shape index (κ3) is 2.13. The van der Waals surface area contributed by atoms with Gasteiger partial charge >= 0.3 is 12.3 Å². The van der Waals surface area contributed by atoms with E-state index in [0.29, 0.717) is 9.92 Å². The number of nitrogens with zero attached hydrogens (tertiary/aromatic N) is 1. The van der Waals surface area contributed by atoms with Crippen LogP contribution in [0, 0.1) is 0 Å². The molecule has 1 saturated heterocycles. The number of benzene rings is 1. The molecule has 0 radical (unpaired) electrons. The van der Waals surface area contributed by atoms with E-state index in [1.165, 1.54) is 24.3 Å². The molecule has 1 heterocycles. The van der Waals surface area contributed by atoms with Gasteiger partial charge in [0.2, 0.25) is 0 Å². The van der Waals surface area contributed by atoms with Crippen molar-refractivity contribution in [3.05, 3.63) is 29.3 Å². The molecule has 0 saturated carbocycles. The highest BCUT2D eigenvalue weighted by molar-refractivity contribution is 6.30. The number of rotatable bonds is 1. The highest BCUT2D eigenvalue weighted by Crippen LogP contribution is 2.32. The van der Waals surface area contributed by atoms with Crippen LogP contribution < -0.4 is 4.90 Å². The van der Waals surface area contributed by atoms with E-state index in [1.807, 2.05) is 0 Å². The van der Waals surface area contributed by atoms with E-state index >= 15 is 0 Å². The van der Waals surface area contributed by atoms with Crippen LogP contribution in [0.3, 0.4) is 0 Å². The van der Waals surface area contributed by atoms with Gasteiger partial charge in [-0.05, 0) is 24.3 Å². The first-order chi connectivity index (χ1) is 8.30. The van der Waals surface area contributed by atoms with Crippen molar-refractivity contribution in [2.24, 2.45) is 0 Å². The second-order valence-corrected chi connectivity index (χ2v) is 3.89. The van der Waals surface area contributed by atoms with Crippen LogP contribution >= 0.6 is 11.6 Å². The minimum Gasteiger partial charge on any atom is -0.425 e. The van der Waals surface area contributed by atoms with Gasteiger partial charge < -0.3 is 4.74 Å². The third-order valence-electron chi connectivity index (χ3n) is 2.23. The summed E-state index contributed by atoms with van der Waals surface area (Å²) < 4.78 is 41.2. The normalized spacial score (nSPS) is 20.2. The lowest BCUT2D eigenvalue weighted by Crippen LogP contribution is -2.39. The summed E-state index contributed by atoms with van der Waals surface area (Å²) in [5.74, 6) is -1.46. The first-order valence-electron chi connectivity index (χ1n) is 4.67. The highest BCUT2D eigenvalue weighted by atomic mass is 35.5. The van der Waals surface area contributed by atoms with Crippen LogP contribution in [0.4, 0.5) is 23.7 Å². The Morgan fingerprint density at radius 2 is 1.72 bits per heavy atom. The number of carbonyl (C=O) groups excluding carboxylic acids is 2. The van der Waals surface area contributed by atoms with E-state index in [0.717, 1.165) is 0 Å². The summed E-state index contributed by atoms with van der Waals surface area (Å²) in [6.45, 7) is 0. The van der Waals surface area contributed by atoms with Crippen molar-refractivity contribution < 1.29 is 27.5 Å². The molecule has 8 heteroatoms. The summed E-state index contributed by atoms with van der Waals surface area (Å²) in [6.07, 6.45) is -9.03.